The number of benzene rings is 1. The van der Waals surface area contributed by atoms with Gasteiger partial charge in [0.05, 0.1) is 22.1 Å². The molecule has 0 aliphatic carbocycles. The van der Waals surface area contributed by atoms with E-state index >= 15 is 0 Å². The highest BCUT2D eigenvalue weighted by Crippen LogP contribution is 2.43. The van der Waals surface area contributed by atoms with Crippen molar-refractivity contribution in [1.82, 2.24) is 10.2 Å². The van der Waals surface area contributed by atoms with Gasteiger partial charge in [0, 0.05) is 25.2 Å². The van der Waals surface area contributed by atoms with Crippen LogP contribution in [0.5, 0.6) is 5.75 Å². The SMILES string of the molecule is O=C([C@@H]1CCNC1)N1CCC([C@H](O)c2c(OC(=O)C(F)(F)F)ccc(Cl)c2Cl)CC1. The van der Waals surface area contributed by atoms with E-state index in [9.17, 15) is 27.9 Å². The molecule has 2 aliphatic heterocycles. The third kappa shape index (κ3) is 5.01. The number of hydrogen-bond acceptors (Lipinski definition) is 5. The number of carbonyl (C=O) groups is 2. The van der Waals surface area contributed by atoms with Crippen LogP contribution in [0.4, 0.5) is 13.2 Å². The van der Waals surface area contributed by atoms with E-state index in [1.807, 2.05) is 0 Å². The van der Waals surface area contributed by atoms with Crippen LogP contribution in [0, 0.1) is 11.8 Å². The molecule has 0 aromatic heterocycles. The third-order valence-corrected chi connectivity index (χ3v) is 6.35. The minimum atomic E-state index is -5.20. The van der Waals surface area contributed by atoms with Gasteiger partial charge in [0.1, 0.15) is 5.75 Å². The van der Waals surface area contributed by atoms with Crippen molar-refractivity contribution in [2.24, 2.45) is 11.8 Å². The Bertz CT molecular complexity index is 808. The van der Waals surface area contributed by atoms with E-state index in [2.05, 4.69) is 10.1 Å². The van der Waals surface area contributed by atoms with Crippen LogP contribution in [0.25, 0.3) is 0 Å². The Morgan fingerprint density at radius 3 is 2.43 bits per heavy atom. The average Bonchev–Trinajstić information content (AvgIpc) is 3.24. The monoisotopic (exact) mass is 468 g/mol. The Hall–Kier alpha value is -1.55. The molecule has 1 aromatic rings. The van der Waals surface area contributed by atoms with Gasteiger partial charge in [-0.15, -0.1) is 0 Å². The molecule has 6 nitrogen and oxygen atoms in total. The van der Waals surface area contributed by atoms with Gasteiger partial charge >= 0.3 is 12.1 Å². The van der Waals surface area contributed by atoms with Gasteiger partial charge in [-0.1, -0.05) is 23.2 Å². The van der Waals surface area contributed by atoms with Crippen LogP contribution < -0.4 is 10.1 Å². The smallest absolute Gasteiger partial charge is 0.419 e. The van der Waals surface area contributed by atoms with Gasteiger partial charge in [-0.2, -0.15) is 13.2 Å². The second-order valence-electron chi connectivity index (χ2n) is 7.46. The molecule has 0 bridgehead atoms. The first-order valence-corrected chi connectivity index (χ1v) is 10.3. The molecular weight excluding hydrogens is 448 g/mol. The predicted octanol–water partition coefficient (Wildman–Crippen LogP) is 3.34. The molecule has 166 valence electrons. The van der Waals surface area contributed by atoms with Crippen molar-refractivity contribution in [3.05, 3.63) is 27.7 Å². The van der Waals surface area contributed by atoms with Crippen molar-refractivity contribution in [3.8, 4) is 5.75 Å². The lowest BCUT2D eigenvalue weighted by Gasteiger charge is -2.36. The number of alkyl halides is 3. The van der Waals surface area contributed by atoms with Gasteiger partial charge in [-0.05, 0) is 43.9 Å². The zero-order chi connectivity index (χ0) is 22.1. The Morgan fingerprint density at radius 2 is 1.87 bits per heavy atom. The molecule has 3 rings (SSSR count). The number of halogens is 5. The summed E-state index contributed by atoms with van der Waals surface area (Å²) in [6.07, 6.45) is -4.88. The number of ether oxygens (including phenoxy) is 1. The molecule has 2 aliphatic rings. The van der Waals surface area contributed by atoms with E-state index in [0.717, 1.165) is 19.0 Å². The van der Waals surface area contributed by atoms with E-state index in [1.54, 1.807) is 4.90 Å². The van der Waals surface area contributed by atoms with E-state index < -0.39 is 29.9 Å². The van der Waals surface area contributed by atoms with Gasteiger partial charge < -0.3 is 20.1 Å². The summed E-state index contributed by atoms with van der Waals surface area (Å²) in [6.45, 7) is 2.27. The maximum absolute atomic E-state index is 12.6. The second kappa shape index (κ2) is 9.30. The molecule has 2 N–H and O–H groups in total. The van der Waals surface area contributed by atoms with Crippen molar-refractivity contribution < 1.29 is 32.6 Å². The Morgan fingerprint density at radius 1 is 1.20 bits per heavy atom. The average molecular weight is 469 g/mol. The summed E-state index contributed by atoms with van der Waals surface area (Å²) >= 11 is 12.1. The van der Waals surface area contributed by atoms with E-state index in [1.165, 1.54) is 6.07 Å². The van der Waals surface area contributed by atoms with Gasteiger partial charge in [-0.25, -0.2) is 4.79 Å². The van der Waals surface area contributed by atoms with Gasteiger partial charge in [0.25, 0.3) is 0 Å². The van der Waals surface area contributed by atoms with E-state index in [4.69, 9.17) is 23.2 Å². The number of hydrogen-bond donors (Lipinski definition) is 2. The molecule has 2 fully saturated rings. The van der Waals surface area contributed by atoms with Crippen molar-refractivity contribution in [2.45, 2.75) is 31.5 Å². The molecule has 11 heteroatoms. The molecule has 2 atom stereocenters. The highest BCUT2D eigenvalue weighted by Gasteiger charge is 2.42. The fraction of sp³-hybridized carbons (Fsp3) is 0.579. The summed E-state index contributed by atoms with van der Waals surface area (Å²) in [5.41, 5.74) is -0.161. The molecule has 1 aromatic carbocycles. The predicted molar refractivity (Wildman–Crippen MR) is 103 cm³/mol. The first-order valence-electron chi connectivity index (χ1n) is 9.54. The Labute approximate surface area is 181 Å². The van der Waals surface area contributed by atoms with E-state index in [0.29, 0.717) is 32.5 Å². The zero-order valence-corrected chi connectivity index (χ0v) is 17.4. The van der Waals surface area contributed by atoms with Crippen molar-refractivity contribution >= 4 is 35.1 Å². The van der Waals surface area contributed by atoms with Crippen LogP contribution in [0.2, 0.25) is 10.0 Å². The fourth-order valence-corrected chi connectivity index (χ4v) is 4.30. The van der Waals surface area contributed by atoms with Crippen LogP contribution in [0.15, 0.2) is 12.1 Å². The van der Waals surface area contributed by atoms with Crippen molar-refractivity contribution in [1.29, 1.82) is 0 Å². The normalized spacial score (nSPS) is 21.5. The highest BCUT2D eigenvalue weighted by atomic mass is 35.5. The topological polar surface area (TPSA) is 78.9 Å². The molecule has 0 radical (unpaired) electrons. The number of aliphatic hydroxyl groups excluding tert-OH is 1. The quantitative estimate of drug-likeness (QED) is 0.523. The van der Waals surface area contributed by atoms with Gasteiger partial charge in [0.2, 0.25) is 5.91 Å². The summed E-state index contributed by atoms with van der Waals surface area (Å²) in [7, 11) is 0. The Kier molecular flexibility index (Phi) is 7.16. The van der Waals surface area contributed by atoms with Crippen molar-refractivity contribution in [2.75, 3.05) is 26.2 Å². The summed E-state index contributed by atoms with van der Waals surface area (Å²) in [5.74, 6) is -3.29. The van der Waals surface area contributed by atoms with Crippen LogP contribution >= 0.6 is 23.2 Å². The van der Waals surface area contributed by atoms with Gasteiger partial charge in [0.15, 0.2) is 0 Å². The number of likely N-dealkylation sites (tertiary alicyclic amines) is 1. The summed E-state index contributed by atoms with van der Waals surface area (Å²) in [6, 6.07) is 2.26. The highest BCUT2D eigenvalue weighted by molar-refractivity contribution is 6.42. The number of amides is 1. The first kappa shape index (κ1) is 23.1. The van der Waals surface area contributed by atoms with Crippen LogP contribution in [-0.4, -0.2) is 54.2 Å². The summed E-state index contributed by atoms with van der Waals surface area (Å²) in [5, 5.41) is 13.8. The molecule has 0 spiro atoms. The van der Waals surface area contributed by atoms with E-state index in [-0.39, 0.29) is 27.4 Å². The standard InChI is InChI=1S/C19H21Cl2F3N2O4/c20-12-1-2-13(30-18(29)19(22,23)24)14(15(12)21)16(27)10-4-7-26(8-5-10)17(28)11-3-6-25-9-11/h1-2,10-11,16,25,27H,3-9H2/t11-,16+/m1/s1. The van der Waals surface area contributed by atoms with Gasteiger partial charge in [-0.3, -0.25) is 4.79 Å². The largest absolute Gasteiger partial charge is 0.491 e. The van der Waals surface area contributed by atoms with Crippen LogP contribution in [0.3, 0.4) is 0 Å². The lowest BCUT2D eigenvalue weighted by Crippen LogP contribution is -2.43. The van der Waals surface area contributed by atoms with Crippen molar-refractivity contribution in [3.63, 3.8) is 0 Å². The molecule has 2 saturated heterocycles. The maximum Gasteiger partial charge on any atom is 0.491 e. The number of aliphatic hydroxyl groups is 1. The molecular formula is C19H21Cl2F3N2O4. The number of rotatable bonds is 4. The Balaban J connectivity index is 1.73. The fourth-order valence-electron chi connectivity index (χ4n) is 3.87. The molecule has 1 amide bonds. The summed E-state index contributed by atoms with van der Waals surface area (Å²) < 4.78 is 42.3. The number of piperidine rings is 1. The molecule has 0 saturated carbocycles. The molecule has 30 heavy (non-hydrogen) atoms. The zero-order valence-electron chi connectivity index (χ0n) is 15.8. The van der Waals surface area contributed by atoms with Crippen LogP contribution in [-0.2, 0) is 9.59 Å². The number of nitrogens with zero attached hydrogens (tertiary/aromatic N) is 1. The minimum Gasteiger partial charge on any atom is -0.419 e. The number of carbonyl (C=O) groups excluding carboxylic acids is 2. The maximum atomic E-state index is 12.6. The lowest BCUT2D eigenvalue weighted by atomic mass is 9.86. The minimum absolute atomic E-state index is 0.0128. The molecule has 0 unspecified atom stereocenters. The summed E-state index contributed by atoms with van der Waals surface area (Å²) in [4.78, 5) is 25.5. The first-order chi connectivity index (χ1) is 14.1. The van der Waals surface area contributed by atoms with Crippen LogP contribution in [0.1, 0.15) is 30.9 Å². The molecule has 2 heterocycles. The number of esters is 1. The third-order valence-electron chi connectivity index (χ3n) is 5.53. The lowest BCUT2D eigenvalue weighted by molar-refractivity contribution is -0.189. The number of nitrogens with one attached hydrogen (secondary N) is 1. The second-order valence-corrected chi connectivity index (χ2v) is 8.24.